The van der Waals surface area contributed by atoms with E-state index in [1.54, 1.807) is 6.26 Å². The third-order valence-corrected chi connectivity index (χ3v) is 4.81. The zero-order valence-corrected chi connectivity index (χ0v) is 12.6. The van der Waals surface area contributed by atoms with E-state index in [1.807, 2.05) is 30.3 Å². The van der Waals surface area contributed by atoms with Crippen molar-refractivity contribution < 1.29 is 9.21 Å². The fourth-order valence-electron chi connectivity index (χ4n) is 3.58. The summed E-state index contributed by atoms with van der Waals surface area (Å²) in [5.41, 5.74) is 2.06. The average Bonchev–Trinajstić information content (AvgIpc) is 3.17. The Morgan fingerprint density at radius 1 is 1.09 bits per heavy atom. The SMILES string of the molecule is O=C1c2ccccc2CN1C1CCN(Cc2ccco2)CC1. The number of benzene rings is 1. The Bertz CT molecular complexity index is 657. The second-order valence-corrected chi connectivity index (χ2v) is 6.18. The molecule has 1 saturated heterocycles. The first kappa shape index (κ1) is 13.6. The average molecular weight is 296 g/mol. The molecule has 4 nitrogen and oxygen atoms in total. The van der Waals surface area contributed by atoms with E-state index in [1.165, 1.54) is 5.56 Å². The zero-order chi connectivity index (χ0) is 14.9. The lowest BCUT2D eigenvalue weighted by atomic mass is 10.0. The predicted octanol–water partition coefficient (Wildman–Crippen LogP) is 2.90. The molecule has 1 aromatic carbocycles. The Hall–Kier alpha value is -2.07. The van der Waals surface area contributed by atoms with Crippen molar-refractivity contribution in [1.29, 1.82) is 0 Å². The highest BCUT2D eigenvalue weighted by Gasteiger charge is 2.34. The summed E-state index contributed by atoms with van der Waals surface area (Å²) in [7, 11) is 0. The molecule has 2 aliphatic rings. The van der Waals surface area contributed by atoms with Crippen LogP contribution in [0, 0.1) is 0 Å². The largest absolute Gasteiger partial charge is 0.468 e. The van der Waals surface area contributed by atoms with Crippen LogP contribution >= 0.6 is 0 Å². The van der Waals surface area contributed by atoms with Gasteiger partial charge in [-0.15, -0.1) is 0 Å². The fourth-order valence-corrected chi connectivity index (χ4v) is 3.58. The number of likely N-dealkylation sites (tertiary alicyclic amines) is 1. The lowest BCUT2D eigenvalue weighted by molar-refractivity contribution is 0.0583. The van der Waals surface area contributed by atoms with Gasteiger partial charge in [0.05, 0.1) is 12.8 Å². The summed E-state index contributed by atoms with van der Waals surface area (Å²) >= 11 is 0. The van der Waals surface area contributed by atoms with Crippen LogP contribution in [0.4, 0.5) is 0 Å². The Labute approximate surface area is 130 Å². The van der Waals surface area contributed by atoms with Gasteiger partial charge in [-0.25, -0.2) is 0 Å². The van der Waals surface area contributed by atoms with Gasteiger partial charge in [0.15, 0.2) is 0 Å². The molecule has 0 aliphatic carbocycles. The van der Waals surface area contributed by atoms with E-state index in [4.69, 9.17) is 4.42 Å². The van der Waals surface area contributed by atoms with E-state index in [0.717, 1.165) is 50.3 Å². The van der Waals surface area contributed by atoms with Crippen LogP contribution in [-0.2, 0) is 13.1 Å². The molecule has 1 amide bonds. The maximum absolute atomic E-state index is 12.5. The van der Waals surface area contributed by atoms with Crippen LogP contribution in [0.5, 0.6) is 0 Å². The first-order valence-electron chi connectivity index (χ1n) is 7.95. The van der Waals surface area contributed by atoms with Crippen molar-refractivity contribution in [3.63, 3.8) is 0 Å². The van der Waals surface area contributed by atoms with Crippen LogP contribution in [0.2, 0.25) is 0 Å². The first-order valence-corrected chi connectivity index (χ1v) is 7.95. The maximum atomic E-state index is 12.5. The standard InChI is InChI=1S/C18H20N2O2/c21-18-17-6-2-1-4-14(17)12-20(18)15-7-9-19(10-8-15)13-16-5-3-11-22-16/h1-6,11,15H,7-10,12-13H2. The van der Waals surface area contributed by atoms with Crippen LogP contribution in [0.25, 0.3) is 0 Å². The lowest BCUT2D eigenvalue weighted by Gasteiger charge is -2.36. The van der Waals surface area contributed by atoms with E-state index in [2.05, 4.69) is 15.9 Å². The van der Waals surface area contributed by atoms with E-state index in [-0.39, 0.29) is 5.91 Å². The lowest BCUT2D eigenvalue weighted by Crippen LogP contribution is -2.44. The van der Waals surface area contributed by atoms with Crippen LogP contribution in [0.1, 0.15) is 34.5 Å². The number of carbonyl (C=O) groups is 1. The highest BCUT2D eigenvalue weighted by molar-refractivity contribution is 5.98. The maximum Gasteiger partial charge on any atom is 0.254 e. The van der Waals surface area contributed by atoms with Crippen molar-refractivity contribution in [2.24, 2.45) is 0 Å². The number of carbonyl (C=O) groups excluding carboxylic acids is 1. The van der Waals surface area contributed by atoms with Gasteiger partial charge in [0.1, 0.15) is 5.76 Å². The van der Waals surface area contributed by atoms with Gasteiger partial charge in [-0.05, 0) is 36.6 Å². The van der Waals surface area contributed by atoms with Crippen molar-refractivity contribution in [2.75, 3.05) is 13.1 Å². The highest BCUT2D eigenvalue weighted by Crippen LogP contribution is 2.28. The van der Waals surface area contributed by atoms with Crippen LogP contribution in [-0.4, -0.2) is 34.8 Å². The minimum absolute atomic E-state index is 0.208. The summed E-state index contributed by atoms with van der Waals surface area (Å²) in [4.78, 5) is 17.0. The molecule has 0 saturated carbocycles. The smallest absolute Gasteiger partial charge is 0.254 e. The molecule has 4 rings (SSSR count). The minimum atomic E-state index is 0.208. The molecule has 4 heteroatoms. The molecule has 0 radical (unpaired) electrons. The molecule has 22 heavy (non-hydrogen) atoms. The number of hydrogen-bond donors (Lipinski definition) is 0. The van der Waals surface area contributed by atoms with Crippen molar-refractivity contribution in [2.45, 2.75) is 32.0 Å². The van der Waals surface area contributed by atoms with Gasteiger partial charge in [-0.2, -0.15) is 0 Å². The Morgan fingerprint density at radius 3 is 2.64 bits per heavy atom. The molecular weight excluding hydrogens is 276 g/mol. The highest BCUT2D eigenvalue weighted by atomic mass is 16.3. The molecule has 1 aromatic heterocycles. The Kier molecular flexibility index (Phi) is 3.47. The summed E-state index contributed by atoms with van der Waals surface area (Å²) in [6, 6.07) is 12.3. The second-order valence-electron chi connectivity index (χ2n) is 6.18. The molecule has 0 atom stereocenters. The molecule has 114 valence electrons. The van der Waals surface area contributed by atoms with Gasteiger partial charge in [-0.3, -0.25) is 9.69 Å². The van der Waals surface area contributed by atoms with Crippen LogP contribution in [0.3, 0.4) is 0 Å². The molecule has 0 spiro atoms. The summed E-state index contributed by atoms with van der Waals surface area (Å²) in [5.74, 6) is 1.23. The third kappa shape index (κ3) is 2.44. The molecule has 2 aromatic rings. The minimum Gasteiger partial charge on any atom is -0.468 e. The number of furan rings is 1. The van der Waals surface area contributed by atoms with Crippen molar-refractivity contribution in [1.82, 2.24) is 9.80 Å². The van der Waals surface area contributed by atoms with Crippen LogP contribution < -0.4 is 0 Å². The predicted molar refractivity (Wildman–Crippen MR) is 83.3 cm³/mol. The van der Waals surface area contributed by atoms with E-state index >= 15 is 0 Å². The van der Waals surface area contributed by atoms with E-state index in [0.29, 0.717) is 6.04 Å². The van der Waals surface area contributed by atoms with E-state index < -0.39 is 0 Å². The number of hydrogen-bond acceptors (Lipinski definition) is 3. The van der Waals surface area contributed by atoms with Gasteiger partial charge < -0.3 is 9.32 Å². The van der Waals surface area contributed by atoms with Crippen molar-refractivity contribution in [3.8, 4) is 0 Å². The quantitative estimate of drug-likeness (QED) is 0.874. The number of amides is 1. The van der Waals surface area contributed by atoms with Gasteiger partial charge in [-0.1, -0.05) is 18.2 Å². The summed E-state index contributed by atoms with van der Waals surface area (Å²) < 4.78 is 5.42. The molecule has 0 unspecified atom stereocenters. The molecule has 3 heterocycles. The Balaban J connectivity index is 1.38. The summed E-state index contributed by atoms with van der Waals surface area (Å²) in [6.07, 6.45) is 3.81. The molecule has 1 fully saturated rings. The monoisotopic (exact) mass is 296 g/mol. The number of nitrogens with zero attached hydrogens (tertiary/aromatic N) is 2. The first-order chi connectivity index (χ1) is 10.8. The topological polar surface area (TPSA) is 36.7 Å². The molecule has 2 aliphatic heterocycles. The molecular formula is C18H20N2O2. The summed E-state index contributed by atoms with van der Waals surface area (Å²) in [6.45, 7) is 3.68. The molecule has 0 bridgehead atoms. The molecule has 0 N–H and O–H groups in total. The van der Waals surface area contributed by atoms with Crippen molar-refractivity contribution in [3.05, 3.63) is 59.5 Å². The number of fused-ring (bicyclic) bond motifs is 1. The second kappa shape index (κ2) is 5.61. The van der Waals surface area contributed by atoms with Gasteiger partial charge in [0.25, 0.3) is 5.91 Å². The Morgan fingerprint density at radius 2 is 1.91 bits per heavy atom. The van der Waals surface area contributed by atoms with Crippen molar-refractivity contribution >= 4 is 5.91 Å². The summed E-state index contributed by atoms with van der Waals surface area (Å²) in [5, 5.41) is 0. The fraction of sp³-hybridized carbons (Fsp3) is 0.389. The van der Waals surface area contributed by atoms with E-state index in [9.17, 15) is 4.79 Å². The van der Waals surface area contributed by atoms with Gasteiger partial charge >= 0.3 is 0 Å². The number of rotatable bonds is 3. The number of piperidine rings is 1. The van der Waals surface area contributed by atoms with Gasteiger partial charge in [0, 0.05) is 31.2 Å². The third-order valence-electron chi connectivity index (χ3n) is 4.81. The van der Waals surface area contributed by atoms with Gasteiger partial charge in [0.2, 0.25) is 0 Å². The van der Waals surface area contributed by atoms with Crippen LogP contribution in [0.15, 0.2) is 47.1 Å². The zero-order valence-electron chi connectivity index (χ0n) is 12.6. The normalized spacial score (nSPS) is 19.6.